The molecule has 2 nitrogen and oxygen atoms in total. The van der Waals surface area contributed by atoms with Crippen molar-refractivity contribution in [2.24, 2.45) is 0 Å². The Labute approximate surface area is 215 Å². The number of aromatic nitrogens is 1. The van der Waals surface area contributed by atoms with Crippen LogP contribution in [0.15, 0.2) is 127 Å². The van der Waals surface area contributed by atoms with Crippen molar-refractivity contribution in [1.29, 1.82) is 0 Å². The third kappa shape index (κ3) is 3.49. The van der Waals surface area contributed by atoms with Crippen molar-refractivity contribution in [2.75, 3.05) is 6.66 Å². The molecule has 0 aliphatic carbocycles. The van der Waals surface area contributed by atoms with Crippen molar-refractivity contribution in [1.82, 2.24) is 4.98 Å². The third-order valence-electron chi connectivity index (χ3n) is 7.44. The third-order valence-corrected chi connectivity index (χ3v) is 9.99. The molecule has 37 heavy (non-hydrogen) atoms. The molecule has 176 valence electrons. The summed E-state index contributed by atoms with van der Waals surface area (Å²) in [5.41, 5.74) is 4.17. The molecule has 3 heteroatoms. The van der Waals surface area contributed by atoms with Crippen LogP contribution >= 0.6 is 7.14 Å². The van der Waals surface area contributed by atoms with E-state index in [2.05, 4.69) is 84.9 Å². The minimum Gasteiger partial charge on any atom is -0.314 e. The van der Waals surface area contributed by atoms with Crippen molar-refractivity contribution in [3.05, 3.63) is 127 Å². The summed E-state index contributed by atoms with van der Waals surface area (Å²) >= 11 is 0. The van der Waals surface area contributed by atoms with E-state index < -0.39 is 7.14 Å². The van der Waals surface area contributed by atoms with Gasteiger partial charge in [-0.2, -0.15) is 0 Å². The molecular weight excluding hydrogens is 469 g/mol. The molecule has 0 saturated carbocycles. The van der Waals surface area contributed by atoms with Crippen LogP contribution in [0.3, 0.4) is 0 Å². The second-order valence-corrected chi connectivity index (χ2v) is 12.5. The number of hydrogen-bond donors (Lipinski definition) is 0. The van der Waals surface area contributed by atoms with Gasteiger partial charge in [-0.15, -0.1) is 0 Å². The normalized spacial score (nSPS) is 13.3. The predicted molar refractivity (Wildman–Crippen MR) is 159 cm³/mol. The van der Waals surface area contributed by atoms with Crippen LogP contribution in [-0.2, 0) is 4.57 Å². The second kappa shape index (κ2) is 8.40. The van der Waals surface area contributed by atoms with Crippen LogP contribution in [0.25, 0.3) is 54.5 Å². The maximum Gasteiger partial charge on any atom is 0.140 e. The van der Waals surface area contributed by atoms with Gasteiger partial charge in [0.25, 0.3) is 0 Å². The van der Waals surface area contributed by atoms with Crippen molar-refractivity contribution in [2.45, 2.75) is 0 Å². The average molecular weight is 494 g/mol. The molecule has 1 unspecified atom stereocenters. The lowest BCUT2D eigenvalue weighted by Crippen LogP contribution is -2.14. The number of hydrogen-bond acceptors (Lipinski definition) is 2. The standard InChI is InChI=1S/C34H24NOP/c1-37(36,26-13-3-2-4-14-26)27-15-9-12-25(22-27)32-30-20-18-23-10-5-7-16-28(23)33(30)35-34-29-17-8-6-11-24(29)19-21-31(32)34/h2-22H,1H3. The van der Waals surface area contributed by atoms with Crippen LogP contribution in [0, 0.1) is 0 Å². The van der Waals surface area contributed by atoms with Gasteiger partial charge in [0.15, 0.2) is 0 Å². The molecule has 6 aromatic carbocycles. The first-order chi connectivity index (χ1) is 18.1. The van der Waals surface area contributed by atoms with E-state index in [4.69, 9.17) is 4.98 Å². The van der Waals surface area contributed by atoms with Gasteiger partial charge in [-0.1, -0.05) is 121 Å². The van der Waals surface area contributed by atoms with Gasteiger partial charge in [0.05, 0.1) is 11.0 Å². The SMILES string of the molecule is CP(=O)(c1ccccc1)c1cccc(-c2c3ccc4ccccc4c3nc3c2ccc2ccccc23)c1. The van der Waals surface area contributed by atoms with Crippen molar-refractivity contribution in [3.8, 4) is 11.1 Å². The smallest absolute Gasteiger partial charge is 0.140 e. The molecule has 1 heterocycles. The summed E-state index contributed by atoms with van der Waals surface area (Å²) in [7, 11) is -2.76. The molecule has 0 radical (unpaired) electrons. The molecule has 1 aromatic heterocycles. The van der Waals surface area contributed by atoms with E-state index in [-0.39, 0.29) is 0 Å². The quantitative estimate of drug-likeness (QED) is 0.141. The van der Waals surface area contributed by atoms with Gasteiger partial charge in [-0.25, -0.2) is 4.98 Å². The Kier molecular flexibility index (Phi) is 4.99. The number of benzene rings is 6. The lowest BCUT2D eigenvalue weighted by molar-refractivity contribution is 0.590. The van der Waals surface area contributed by atoms with Crippen LogP contribution in [0.1, 0.15) is 0 Å². The van der Waals surface area contributed by atoms with E-state index >= 15 is 0 Å². The largest absolute Gasteiger partial charge is 0.314 e. The number of nitrogens with zero attached hydrogens (tertiary/aromatic N) is 1. The summed E-state index contributed by atoms with van der Waals surface area (Å²) in [4.78, 5) is 5.28. The van der Waals surface area contributed by atoms with Crippen LogP contribution in [0.5, 0.6) is 0 Å². The Morgan fingerprint density at radius 1 is 0.514 bits per heavy atom. The van der Waals surface area contributed by atoms with Crippen LogP contribution in [0.4, 0.5) is 0 Å². The molecule has 7 rings (SSSR count). The zero-order chi connectivity index (χ0) is 25.0. The van der Waals surface area contributed by atoms with Crippen molar-refractivity contribution >= 4 is 61.1 Å². The minimum atomic E-state index is -2.76. The van der Waals surface area contributed by atoms with Crippen molar-refractivity contribution < 1.29 is 4.57 Å². The van der Waals surface area contributed by atoms with Crippen LogP contribution in [-0.4, -0.2) is 11.6 Å². The number of fused-ring (bicyclic) bond motifs is 6. The fourth-order valence-corrected chi connectivity index (χ4v) is 7.31. The second-order valence-electron chi connectivity index (χ2n) is 9.66. The summed E-state index contributed by atoms with van der Waals surface area (Å²) < 4.78 is 14.1. The Bertz CT molecular complexity index is 1930. The summed E-state index contributed by atoms with van der Waals surface area (Å²) in [6.07, 6.45) is 0. The van der Waals surface area contributed by atoms with Gasteiger partial charge in [-0.3, -0.25) is 0 Å². The van der Waals surface area contributed by atoms with E-state index in [1.54, 1.807) is 0 Å². The van der Waals surface area contributed by atoms with Crippen LogP contribution in [0.2, 0.25) is 0 Å². The topological polar surface area (TPSA) is 30.0 Å². The molecule has 7 aromatic rings. The zero-order valence-electron chi connectivity index (χ0n) is 20.4. The number of rotatable bonds is 3. The molecule has 0 fully saturated rings. The van der Waals surface area contributed by atoms with Crippen molar-refractivity contribution in [3.63, 3.8) is 0 Å². The van der Waals surface area contributed by atoms with Gasteiger partial charge in [-0.05, 0) is 29.1 Å². The zero-order valence-corrected chi connectivity index (χ0v) is 21.3. The number of pyridine rings is 1. The Balaban J connectivity index is 1.60. The molecular formula is C34H24NOP. The van der Waals surface area contributed by atoms with E-state index in [0.717, 1.165) is 54.3 Å². The molecule has 0 N–H and O–H groups in total. The molecule has 0 aliphatic rings. The first kappa shape index (κ1) is 22.0. The molecule has 0 saturated heterocycles. The molecule has 0 bridgehead atoms. The van der Waals surface area contributed by atoms with Gasteiger partial charge < -0.3 is 4.57 Å². The first-order valence-corrected chi connectivity index (χ1v) is 14.6. The highest BCUT2D eigenvalue weighted by molar-refractivity contribution is 7.78. The maximum absolute atomic E-state index is 14.1. The van der Waals surface area contributed by atoms with Gasteiger partial charge in [0, 0.05) is 37.7 Å². The van der Waals surface area contributed by atoms with E-state index in [0.29, 0.717) is 0 Å². The summed E-state index contributed by atoms with van der Waals surface area (Å²) in [5, 5.41) is 8.54. The summed E-state index contributed by atoms with van der Waals surface area (Å²) in [6, 6.07) is 43.6. The highest BCUT2D eigenvalue weighted by Crippen LogP contribution is 2.43. The average Bonchev–Trinajstić information content (AvgIpc) is 2.96. The predicted octanol–water partition coefficient (Wildman–Crippen LogP) is 8.31. The first-order valence-electron chi connectivity index (χ1n) is 12.5. The lowest BCUT2D eigenvalue weighted by atomic mass is 9.92. The van der Waals surface area contributed by atoms with E-state index in [1.165, 1.54) is 10.8 Å². The summed E-state index contributed by atoms with van der Waals surface area (Å²) in [6.45, 7) is 1.87. The highest BCUT2D eigenvalue weighted by atomic mass is 31.2. The fraction of sp³-hybridized carbons (Fsp3) is 0.0294. The monoisotopic (exact) mass is 493 g/mol. The molecule has 0 amide bonds. The maximum atomic E-state index is 14.1. The molecule has 0 spiro atoms. The Morgan fingerprint density at radius 3 is 1.68 bits per heavy atom. The minimum absolute atomic E-state index is 0.857. The molecule has 1 atom stereocenters. The summed E-state index contributed by atoms with van der Waals surface area (Å²) in [5.74, 6) is 0. The van der Waals surface area contributed by atoms with Crippen LogP contribution < -0.4 is 10.6 Å². The van der Waals surface area contributed by atoms with Gasteiger partial charge in [0.2, 0.25) is 0 Å². The van der Waals surface area contributed by atoms with Gasteiger partial charge in [0.1, 0.15) is 7.14 Å². The highest BCUT2D eigenvalue weighted by Gasteiger charge is 2.22. The molecule has 0 aliphatic heterocycles. The van der Waals surface area contributed by atoms with Gasteiger partial charge >= 0.3 is 0 Å². The fourth-order valence-electron chi connectivity index (χ4n) is 5.51. The van der Waals surface area contributed by atoms with E-state index in [9.17, 15) is 4.57 Å². The Morgan fingerprint density at radius 2 is 1.05 bits per heavy atom. The lowest BCUT2D eigenvalue weighted by Gasteiger charge is -2.18. The Hall–Kier alpha value is -4.26. The van der Waals surface area contributed by atoms with E-state index in [1.807, 2.05) is 49.1 Å².